The van der Waals surface area contributed by atoms with E-state index in [1.54, 1.807) is 23.7 Å². The average molecular weight is 276 g/mol. The summed E-state index contributed by atoms with van der Waals surface area (Å²) >= 11 is 1.43. The van der Waals surface area contributed by atoms with Gasteiger partial charge in [0.1, 0.15) is 11.5 Å². The van der Waals surface area contributed by atoms with Gasteiger partial charge < -0.3 is 10.6 Å². The van der Waals surface area contributed by atoms with E-state index in [4.69, 9.17) is 0 Å². The maximum atomic E-state index is 11.9. The standard InChI is InChI=1S/C13H16N4OS/c1-9(2)7-15-13-16-10(8-19-13)12(18)17-11-5-3-4-6-14-11/h3-6,8-9H,7H2,1-2H3,(H,15,16)(H,14,17,18). The van der Waals surface area contributed by atoms with Crippen molar-refractivity contribution in [3.8, 4) is 0 Å². The fourth-order valence-electron chi connectivity index (χ4n) is 1.37. The third-order valence-electron chi connectivity index (χ3n) is 2.30. The van der Waals surface area contributed by atoms with Crippen molar-refractivity contribution in [2.45, 2.75) is 13.8 Å². The highest BCUT2D eigenvalue weighted by Gasteiger charge is 2.11. The smallest absolute Gasteiger partial charge is 0.276 e. The first-order chi connectivity index (χ1) is 9.15. The van der Waals surface area contributed by atoms with Gasteiger partial charge in [-0.3, -0.25) is 4.79 Å². The summed E-state index contributed by atoms with van der Waals surface area (Å²) in [6.45, 7) is 5.08. The second kappa shape index (κ2) is 6.29. The highest BCUT2D eigenvalue weighted by atomic mass is 32.1. The average Bonchev–Trinajstić information content (AvgIpc) is 2.86. The summed E-state index contributed by atoms with van der Waals surface area (Å²) in [7, 11) is 0. The number of carbonyl (C=O) groups is 1. The van der Waals surface area contributed by atoms with Crippen LogP contribution >= 0.6 is 11.3 Å². The SMILES string of the molecule is CC(C)CNc1nc(C(=O)Nc2ccccn2)cs1. The van der Waals surface area contributed by atoms with Crippen molar-refractivity contribution in [1.29, 1.82) is 0 Å². The summed E-state index contributed by atoms with van der Waals surface area (Å²) in [5.41, 5.74) is 0.405. The first-order valence-electron chi connectivity index (χ1n) is 6.07. The molecule has 0 radical (unpaired) electrons. The number of amides is 1. The van der Waals surface area contributed by atoms with Crippen molar-refractivity contribution < 1.29 is 4.79 Å². The Morgan fingerprint density at radius 2 is 2.26 bits per heavy atom. The van der Waals surface area contributed by atoms with Gasteiger partial charge in [0, 0.05) is 18.1 Å². The van der Waals surface area contributed by atoms with E-state index < -0.39 is 0 Å². The molecule has 0 aliphatic heterocycles. The minimum absolute atomic E-state index is 0.243. The molecule has 0 saturated carbocycles. The van der Waals surface area contributed by atoms with E-state index in [1.807, 2.05) is 6.07 Å². The van der Waals surface area contributed by atoms with Crippen LogP contribution in [0.15, 0.2) is 29.8 Å². The van der Waals surface area contributed by atoms with Crippen molar-refractivity contribution in [3.05, 3.63) is 35.5 Å². The Kier molecular flexibility index (Phi) is 4.46. The molecule has 1 amide bonds. The number of hydrogen-bond acceptors (Lipinski definition) is 5. The Balaban J connectivity index is 1.96. The van der Waals surface area contributed by atoms with E-state index in [0.29, 0.717) is 17.4 Å². The van der Waals surface area contributed by atoms with Crippen LogP contribution in [0, 0.1) is 5.92 Å². The number of nitrogens with zero attached hydrogens (tertiary/aromatic N) is 2. The lowest BCUT2D eigenvalue weighted by Crippen LogP contribution is -2.13. The molecule has 0 atom stereocenters. The van der Waals surface area contributed by atoms with E-state index in [1.165, 1.54) is 11.3 Å². The Morgan fingerprint density at radius 1 is 1.42 bits per heavy atom. The normalized spacial score (nSPS) is 10.5. The molecule has 2 aromatic rings. The lowest BCUT2D eigenvalue weighted by atomic mass is 10.2. The molecular formula is C13H16N4OS. The number of aromatic nitrogens is 2. The molecule has 0 unspecified atom stereocenters. The van der Waals surface area contributed by atoms with Crippen LogP contribution in [-0.2, 0) is 0 Å². The van der Waals surface area contributed by atoms with Crippen molar-refractivity contribution in [1.82, 2.24) is 9.97 Å². The number of hydrogen-bond donors (Lipinski definition) is 2. The van der Waals surface area contributed by atoms with Gasteiger partial charge in [0.15, 0.2) is 5.13 Å². The zero-order valence-corrected chi connectivity index (χ0v) is 11.7. The van der Waals surface area contributed by atoms with Gasteiger partial charge in [-0.2, -0.15) is 0 Å². The highest BCUT2D eigenvalue weighted by molar-refractivity contribution is 7.13. The molecular weight excluding hydrogens is 260 g/mol. The molecule has 0 aromatic carbocycles. The number of carbonyl (C=O) groups excluding carboxylic acids is 1. The van der Waals surface area contributed by atoms with Gasteiger partial charge in [0.05, 0.1) is 0 Å². The minimum Gasteiger partial charge on any atom is -0.361 e. The monoisotopic (exact) mass is 276 g/mol. The van der Waals surface area contributed by atoms with Crippen LogP contribution in [-0.4, -0.2) is 22.4 Å². The van der Waals surface area contributed by atoms with Crippen LogP contribution < -0.4 is 10.6 Å². The second-order valence-corrected chi connectivity index (χ2v) is 5.34. The number of pyridine rings is 1. The molecule has 2 aromatic heterocycles. The molecule has 2 rings (SSSR count). The summed E-state index contributed by atoms with van der Waals surface area (Å²) in [6, 6.07) is 5.36. The third kappa shape index (κ3) is 4.03. The minimum atomic E-state index is -0.243. The molecule has 2 heterocycles. The lowest BCUT2D eigenvalue weighted by molar-refractivity contribution is 0.102. The zero-order chi connectivity index (χ0) is 13.7. The van der Waals surface area contributed by atoms with Crippen LogP contribution in [0.2, 0.25) is 0 Å². The van der Waals surface area contributed by atoms with Crippen LogP contribution in [0.25, 0.3) is 0 Å². The van der Waals surface area contributed by atoms with Gasteiger partial charge >= 0.3 is 0 Å². The number of thiazole rings is 1. The molecule has 6 heteroatoms. The maximum Gasteiger partial charge on any atom is 0.276 e. The number of anilines is 2. The van der Waals surface area contributed by atoms with Crippen molar-refractivity contribution in [2.75, 3.05) is 17.2 Å². The van der Waals surface area contributed by atoms with E-state index >= 15 is 0 Å². The summed E-state index contributed by atoms with van der Waals surface area (Å²) in [5, 5.41) is 8.40. The second-order valence-electron chi connectivity index (χ2n) is 4.48. The van der Waals surface area contributed by atoms with E-state index in [2.05, 4.69) is 34.4 Å². The third-order valence-corrected chi connectivity index (χ3v) is 3.10. The van der Waals surface area contributed by atoms with Crippen LogP contribution in [0.4, 0.5) is 10.9 Å². The van der Waals surface area contributed by atoms with E-state index in [-0.39, 0.29) is 5.91 Å². The molecule has 0 aliphatic carbocycles. The van der Waals surface area contributed by atoms with Gasteiger partial charge in [-0.05, 0) is 18.1 Å². The summed E-state index contributed by atoms with van der Waals surface area (Å²) < 4.78 is 0. The molecule has 100 valence electrons. The Morgan fingerprint density at radius 3 is 2.95 bits per heavy atom. The molecule has 0 bridgehead atoms. The van der Waals surface area contributed by atoms with Crippen LogP contribution in [0.5, 0.6) is 0 Å². The van der Waals surface area contributed by atoms with Crippen molar-refractivity contribution >= 4 is 28.2 Å². The first kappa shape index (κ1) is 13.5. The van der Waals surface area contributed by atoms with Gasteiger partial charge in [0.25, 0.3) is 5.91 Å². The fraction of sp³-hybridized carbons (Fsp3) is 0.308. The quantitative estimate of drug-likeness (QED) is 0.881. The molecule has 2 N–H and O–H groups in total. The highest BCUT2D eigenvalue weighted by Crippen LogP contribution is 2.16. The van der Waals surface area contributed by atoms with Crippen molar-refractivity contribution in [2.24, 2.45) is 5.92 Å². The van der Waals surface area contributed by atoms with Gasteiger partial charge in [0.2, 0.25) is 0 Å². The van der Waals surface area contributed by atoms with Crippen LogP contribution in [0.3, 0.4) is 0 Å². The lowest BCUT2D eigenvalue weighted by Gasteiger charge is -2.04. The fourth-order valence-corrected chi connectivity index (χ4v) is 2.07. The van der Waals surface area contributed by atoms with Gasteiger partial charge in [-0.25, -0.2) is 9.97 Å². The molecule has 0 aliphatic rings. The summed E-state index contributed by atoms with van der Waals surface area (Å²) in [6.07, 6.45) is 1.63. The molecule has 0 spiro atoms. The predicted molar refractivity (Wildman–Crippen MR) is 77.6 cm³/mol. The molecule has 19 heavy (non-hydrogen) atoms. The number of nitrogens with one attached hydrogen (secondary N) is 2. The number of rotatable bonds is 5. The Hall–Kier alpha value is -1.95. The Labute approximate surface area is 116 Å². The molecule has 5 nitrogen and oxygen atoms in total. The zero-order valence-electron chi connectivity index (χ0n) is 10.9. The van der Waals surface area contributed by atoms with Crippen LogP contribution in [0.1, 0.15) is 24.3 Å². The maximum absolute atomic E-state index is 11.9. The topological polar surface area (TPSA) is 66.9 Å². The largest absolute Gasteiger partial charge is 0.361 e. The van der Waals surface area contributed by atoms with E-state index in [9.17, 15) is 4.79 Å². The van der Waals surface area contributed by atoms with Crippen molar-refractivity contribution in [3.63, 3.8) is 0 Å². The Bertz CT molecular complexity index is 539. The van der Waals surface area contributed by atoms with E-state index in [0.717, 1.165) is 11.7 Å². The van der Waals surface area contributed by atoms with Gasteiger partial charge in [-0.15, -0.1) is 11.3 Å². The molecule has 0 fully saturated rings. The predicted octanol–water partition coefficient (Wildman–Crippen LogP) is 2.86. The molecule has 0 saturated heterocycles. The summed E-state index contributed by atoms with van der Waals surface area (Å²) in [4.78, 5) is 20.2. The first-order valence-corrected chi connectivity index (χ1v) is 6.95. The summed E-state index contributed by atoms with van der Waals surface area (Å²) in [5.74, 6) is 0.819. The van der Waals surface area contributed by atoms with Gasteiger partial charge in [-0.1, -0.05) is 19.9 Å².